The molecule has 0 unspecified atom stereocenters. The molecule has 0 aliphatic rings. The molecule has 8 heteroatoms. The summed E-state index contributed by atoms with van der Waals surface area (Å²) in [5.41, 5.74) is 0. The molecule has 108 valence electrons. The first-order chi connectivity index (χ1) is 8.35. The van der Waals surface area contributed by atoms with Crippen LogP contribution in [0.25, 0.3) is 0 Å². The van der Waals surface area contributed by atoms with Gasteiger partial charge in [-0.2, -0.15) is 0 Å². The highest BCUT2D eigenvalue weighted by molar-refractivity contribution is 5.78. The minimum Gasteiger partial charge on any atom is -0.478 e. The van der Waals surface area contributed by atoms with Crippen LogP contribution in [-0.2, 0) is 4.79 Å². The van der Waals surface area contributed by atoms with Gasteiger partial charge < -0.3 is 30.6 Å². The Kier molecular flexibility index (Phi) is 21.3. The van der Waals surface area contributed by atoms with E-state index in [2.05, 4.69) is 6.58 Å². The third-order valence-electron chi connectivity index (χ3n) is 1.46. The van der Waals surface area contributed by atoms with E-state index < -0.39 is 12.1 Å². The zero-order valence-electron chi connectivity index (χ0n) is 9.90. The number of carboxylic acids is 1. The lowest BCUT2D eigenvalue weighted by molar-refractivity contribution is -0.131. The van der Waals surface area contributed by atoms with E-state index in [1.807, 2.05) is 0 Å². The summed E-state index contributed by atoms with van der Waals surface area (Å²) in [4.78, 5) is 17.8. The van der Waals surface area contributed by atoms with Crippen LogP contribution in [0.4, 0.5) is 4.79 Å². The number of hydrogen-bond acceptors (Lipinski definition) is 5. The maximum atomic E-state index is 9.25. The van der Waals surface area contributed by atoms with Crippen molar-refractivity contribution in [2.45, 2.75) is 12.8 Å². The molecule has 0 aromatic rings. The Bertz CT molecular complexity index is 208. The lowest BCUT2D eigenvalue weighted by atomic mass is 10.1. The van der Waals surface area contributed by atoms with E-state index in [0.29, 0.717) is 12.8 Å². The number of aliphatic hydroxyl groups excluding tert-OH is 3. The van der Waals surface area contributed by atoms with Crippen molar-refractivity contribution in [2.24, 2.45) is 5.92 Å². The minimum absolute atomic E-state index is 0.0104. The first-order valence-electron chi connectivity index (χ1n) is 4.95. The Hall–Kier alpha value is -1.64. The Morgan fingerprint density at radius 3 is 1.56 bits per heavy atom. The van der Waals surface area contributed by atoms with Crippen molar-refractivity contribution in [3.63, 3.8) is 0 Å². The summed E-state index contributed by atoms with van der Waals surface area (Å²) in [6, 6.07) is 0. The second kappa shape index (κ2) is 17.7. The van der Waals surface area contributed by atoms with Crippen LogP contribution in [0.15, 0.2) is 12.7 Å². The molecule has 8 nitrogen and oxygen atoms in total. The van der Waals surface area contributed by atoms with Gasteiger partial charge in [-0.1, -0.05) is 6.58 Å². The molecule has 0 aliphatic carbocycles. The SMILES string of the molecule is C=CC(=O)O.O=C(O)O.OCCCC(CO)CO. The average Bonchev–Trinajstić information content (AvgIpc) is 2.30. The van der Waals surface area contributed by atoms with E-state index in [0.717, 1.165) is 6.08 Å². The zero-order valence-corrected chi connectivity index (χ0v) is 9.90. The summed E-state index contributed by atoms with van der Waals surface area (Å²) in [6.07, 6.45) is 0.356. The van der Waals surface area contributed by atoms with Gasteiger partial charge in [-0.15, -0.1) is 0 Å². The molecule has 0 spiro atoms. The topological polar surface area (TPSA) is 156 Å². The van der Waals surface area contributed by atoms with Gasteiger partial charge in [-0.3, -0.25) is 0 Å². The van der Waals surface area contributed by atoms with Crippen LogP contribution in [0.2, 0.25) is 0 Å². The van der Waals surface area contributed by atoms with Crippen molar-refractivity contribution in [3.05, 3.63) is 12.7 Å². The molecular formula is C10H20O8. The lowest BCUT2D eigenvalue weighted by Gasteiger charge is -2.07. The smallest absolute Gasteiger partial charge is 0.478 e. The molecule has 0 fully saturated rings. The summed E-state index contributed by atoms with van der Waals surface area (Å²) in [6.45, 7) is 3.12. The highest BCUT2D eigenvalue weighted by Crippen LogP contribution is 2.02. The van der Waals surface area contributed by atoms with Gasteiger partial charge in [-0.25, -0.2) is 9.59 Å². The molecule has 0 radical (unpaired) electrons. The van der Waals surface area contributed by atoms with Gasteiger partial charge in [0.2, 0.25) is 0 Å². The van der Waals surface area contributed by atoms with Crippen molar-refractivity contribution < 1.29 is 40.2 Å². The van der Waals surface area contributed by atoms with Gasteiger partial charge in [-0.05, 0) is 12.8 Å². The number of aliphatic hydroxyl groups is 3. The Morgan fingerprint density at radius 1 is 1.06 bits per heavy atom. The Morgan fingerprint density at radius 2 is 1.39 bits per heavy atom. The van der Waals surface area contributed by atoms with Crippen molar-refractivity contribution in [2.75, 3.05) is 19.8 Å². The highest BCUT2D eigenvalue weighted by atomic mass is 16.6. The third-order valence-corrected chi connectivity index (χ3v) is 1.46. The van der Waals surface area contributed by atoms with Crippen molar-refractivity contribution in [1.29, 1.82) is 0 Å². The maximum Gasteiger partial charge on any atom is 0.503 e. The van der Waals surface area contributed by atoms with Gasteiger partial charge in [0.15, 0.2) is 0 Å². The first-order valence-corrected chi connectivity index (χ1v) is 4.95. The average molecular weight is 268 g/mol. The van der Waals surface area contributed by atoms with Crippen LogP contribution in [0.5, 0.6) is 0 Å². The number of carbonyl (C=O) groups is 2. The molecule has 0 aromatic carbocycles. The molecular weight excluding hydrogens is 248 g/mol. The fourth-order valence-electron chi connectivity index (χ4n) is 0.620. The predicted octanol–water partition coefficient (Wildman–Crippen LogP) is -0.161. The summed E-state index contributed by atoms with van der Waals surface area (Å²) in [5, 5.41) is 46.9. The van der Waals surface area contributed by atoms with E-state index in [-0.39, 0.29) is 25.7 Å². The fourth-order valence-corrected chi connectivity index (χ4v) is 0.620. The van der Waals surface area contributed by atoms with Gasteiger partial charge >= 0.3 is 12.1 Å². The molecule has 0 saturated heterocycles. The number of aliphatic carboxylic acids is 1. The van der Waals surface area contributed by atoms with Crippen LogP contribution in [0.3, 0.4) is 0 Å². The molecule has 18 heavy (non-hydrogen) atoms. The van der Waals surface area contributed by atoms with Gasteiger partial charge in [0.05, 0.1) is 0 Å². The second-order valence-corrected chi connectivity index (χ2v) is 2.92. The summed E-state index contributed by atoms with van der Waals surface area (Å²) in [7, 11) is 0. The fraction of sp³-hybridized carbons (Fsp3) is 0.600. The Balaban J connectivity index is -0.000000212. The van der Waals surface area contributed by atoms with Crippen molar-refractivity contribution >= 4 is 12.1 Å². The van der Waals surface area contributed by atoms with Crippen LogP contribution >= 0.6 is 0 Å². The Labute approximate surface area is 104 Å². The largest absolute Gasteiger partial charge is 0.503 e. The van der Waals surface area contributed by atoms with E-state index in [1.54, 1.807) is 0 Å². The molecule has 0 bridgehead atoms. The summed E-state index contributed by atoms with van der Waals surface area (Å²) in [5.74, 6) is -1.03. The van der Waals surface area contributed by atoms with E-state index in [4.69, 9.17) is 35.4 Å². The highest BCUT2D eigenvalue weighted by Gasteiger charge is 2.03. The van der Waals surface area contributed by atoms with Crippen LogP contribution in [0.1, 0.15) is 12.8 Å². The quantitative estimate of drug-likeness (QED) is 0.363. The molecule has 0 heterocycles. The first kappa shape index (κ1) is 21.6. The number of carboxylic acid groups (broad SMARTS) is 3. The zero-order chi connectivity index (χ0) is 15.0. The number of rotatable bonds is 6. The molecule has 0 aliphatic heterocycles. The molecule has 0 aromatic heterocycles. The third kappa shape index (κ3) is 36.7. The summed E-state index contributed by atoms with van der Waals surface area (Å²) >= 11 is 0. The maximum absolute atomic E-state index is 9.25. The lowest BCUT2D eigenvalue weighted by Crippen LogP contribution is -2.11. The molecule has 0 rings (SSSR count). The van der Waals surface area contributed by atoms with Crippen LogP contribution in [0, 0.1) is 5.92 Å². The molecule has 0 amide bonds. The molecule has 6 N–H and O–H groups in total. The monoisotopic (exact) mass is 268 g/mol. The minimum atomic E-state index is -1.83. The van der Waals surface area contributed by atoms with Crippen LogP contribution in [-0.4, -0.2) is 62.6 Å². The van der Waals surface area contributed by atoms with Crippen LogP contribution < -0.4 is 0 Å². The summed E-state index contributed by atoms with van der Waals surface area (Å²) < 4.78 is 0. The number of hydrogen-bond donors (Lipinski definition) is 6. The normalized spacial score (nSPS) is 8.44. The van der Waals surface area contributed by atoms with Gasteiger partial charge in [0.1, 0.15) is 0 Å². The van der Waals surface area contributed by atoms with E-state index in [1.165, 1.54) is 0 Å². The predicted molar refractivity (Wildman–Crippen MR) is 62.5 cm³/mol. The molecule has 0 saturated carbocycles. The van der Waals surface area contributed by atoms with Gasteiger partial charge in [0, 0.05) is 31.8 Å². The van der Waals surface area contributed by atoms with Gasteiger partial charge in [0.25, 0.3) is 0 Å². The molecule has 0 atom stereocenters. The standard InChI is InChI=1S/C6H14O3.C3H4O2.CH2O3/c7-3-1-2-6(4-8)5-9;1-2-3(4)5;2-1(3)4/h6-9H,1-5H2;2H,1H2,(H,4,5);(H2,2,3,4). The van der Waals surface area contributed by atoms with E-state index in [9.17, 15) is 4.79 Å². The second-order valence-electron chi connectivity index (χ2n) is 2.92. The van der Waals surface area contributed by atoms with Crippen molar-refractivity contribution in [3.8, 4) is 0 Å². The van der Waals surface area contributed by atoms with Crippen molar-refractivity contribution in [1.82, 2.24) is 0 Å². The van der Waals surface area contributed by atoms with E-state index >= 15 is 0 Å².